The summed E-state index contributed by atoms with van der Waals surface area (Å²) in [6.45, 7) is 1.73. The lowest BCUT2D eigenvalue weighted by atomic mass is 10.2. The number of hydrogen-bond acceptors (Lipinski definition) is 5. The second kappa shape index (κ2) is 6.82. The van der Waals surface area contributed by atoms with Crippen molar-refractivity contribution in [2.75, 3.05) is 18.6 Å². The van der Waals surface area contributed by atoms with E-state index in [1.165, 1.54) is 0 Å². The molecule has 0 aliphatic rings. The van der Waals surface area contributed by atoms with Crippen LogP contribution >= 0.6 is 0 Å². The van der Waals surface area contributed by atoms with Gasteiger partial charge >= 0.3 is 0 Å². The van der Waals surface area contributed by atoms with Gasteiger partial charge in [0, 0.05) is 18.9 Å². The van der Waals surface area contributed by atoms with E-state index in [1.807, 2.05) is 0 Å². The number of carbonyl (C=O) groups excluding carboxylic acids is 1. The molecule has 6 nitrogen and oxygen atoms in total. The van der Waals surface area contributed by atoms with Crippen molar-refractivity contribution in [3.63, 3.8) is 0 Å². The molecule has 0 saturated heterocycles. The van der Waals surface area contributed by atoms with E-state index in [-0.39, 0.29) is 30.7 Å². The van der Waals surface area contributed by atoms with Gasteiger partial charge in [0.25, 0.3) is 0 Å². The fourth-order valence-corrected chi connectivity index (χ4v) is 1.77. The lowest BCUT2D eigenvalue weighted by Crippen LogP contribution is -2.45. The molecule has 0 heterocycles. The number of sulfone groups is 1. The number of nitrogens with one attached hydrogen (secondary N) is 1. The monoisotopic (exact) mass is 252 g/mol. The first-order chi connectivity index (χ1) is 7.26. The average molecular weight is 252 g/mol. The highest BCUT2D eigenvalue weighted by Crippen LogP contribution is 1.96. The molecule has 0 aromatic heterocycles. The molecule has 2 atom stereocenters. The minimum absolute atomic E-state index is 0.0139. The second-order valence-electron chi connectivity index (χ2n) is 3.95. The molecule has 0 fully saturated rings. The summed E-state index contributed by atoms with van der Waals surface area (Å²) < 4.78 is 21.7. The summed E-state index contributed by atoms with van der Waals surface area (Å²) in [5, 5.41) is 11.2. The summed E-state index contributed by atoms with van der Waals surface area (Å²) in [6.07, 6.45) is 1.66. The molecular formula is C9H20N2O4S. The van der Waals surface area contributed by atoms with Crippen molar-refractivity contribution in [3.05, 3.63) is 0 Å². The van der Waals surface area contributed by atoms with Crippen LogP contribution in [0.5, 0.6) is 0 Å². The van der Waals surface area contributed by atoms with Crippen LogP contribution in [0.1, 0.15) is 19.8 Å². The molecule has 0 aliphatic heterocycles. The van der Waals surface area contributed by atoms with Crippen molar-refractivity contribution in [2.24, 2.45) is 5.73 Å². The number of amides is 1. The Morgan fingerprint density at radius 2 is 2.00 bits per heavy atom. The van der Waals surface area contributed by atoms with Gasteiger partial charge in [0.2, 0.25) is 5.91 Å². The van der Waals surface area contributed by atoms with E-state index >= 15 is 0 Å². The zero-order valence-electron chi connectivity index (χ0n) is 9.64. The van der Waals surface area contributed by atoms with Crippen LogP contribution in [0.2, 0.25) is 0 Å². The van der Waals surface area contributed by atoms with Gasteiger partial charge in [-0.15, -0.1) is 0 Å². The second-order valence-corrected chi connectivity index (χ2v) is 6.21. The Labute approximate surface area is 96.1 Å². The lowest BCUT2D eigenvalue weighted by molar-refractivity contribution is -0.123. The summed E-state index contributed by atoms with van der Waals surface area (Å²) in [4.78, 5) is 11.4. The van der Waals surface area contributed by atoms with Crippen LogP contribution < -0.4 is 11.1 Å². The lowest BCUT2D eigenvalue weighted by Gasteiger charge is -2.16. The predicted molar refractivity (Wildman–Crippen MR) is 61.6 cm³/mol. The van der Waals surface area contributed by atoms with Crippen molar-refractivity contribution in [1.29, 1.82) is 0 Å². The topological polar surface area (TPSA) is 109 Å². The molecule has 96 valence electrons. The molecule has 0 aromatic carbocycles. The van der Waals surface area contributed by atoms with Gasteiger partial charge in [-0.25, -0.2) is 8.42 Å². The highest BCUT2D eigenvalue weighted by molar-refractivity contribution is 7.90. The largest absolute Gasteiger partial charge is 0.396 e. The van der Waals surface area contributed by atoms with Gasteiger partial charge in [-0.1, -0.05) is 0 Å². The number of aliphatic hydroxyl groups excluding tert-OH is 1. The number of rotatable bonds is 7. The highest BCUT2D eigenvalue weighted by Gasteiger charge is 2.17. The van der Waals surface area contributed by atoms with Gasteiger partial charge in [-0.3, -0.25) is 4.79 Å². The van der Waals surface area contributed by atoms with Crippen molar-refractivity contribution in [1.82, 2.24) is 5.32 Å². The fourth-order valence-electron chi connectivity index (χ4n) is 1.09. The maximum absolute atomic E-state index is 11.4. The maximum atomic E-state index is 11.4. The van der Waals surface area contributed by atoms with Gasteiger partial charge in [-0.2, -0.15) is 0 Å². The molecular weight excluding hydrogens is 232 g/mol. The Morgan fingerprint density at radius 3 is 2.44 bits per heavy atom. The van der Waals surface area contributed by atoms with Crippen molar-refractivity contribution >= 4 is 15.7 Å². The van der Waals surface area contributed by atoms with E-state index < -0.39 is 15.9 Å². The molecule has 7 heteroatoms. The molecule has 2 unspecified atom stereocenters. The molecule has 0 saturated carbocycles. The Kier molecular flexibility index (Phi) is 6.54. The summed E-state index contributed by atoms with van der Waals surface area (Å²) in [6, 6.07) is -0.988. The van der Waals surface area contributed by atoms with Crippen molar-refractivity contribution in [3.8, 4) is 0 Å². The minimum Gasteiger partial charge on any atom is -0.396 e. The third kappa shape index (κ3) is 7.61. The summed E-state index contributed by atoms with van der Waals surface area (Å²) in [5.41, 5.74) is 5.53. The zero-order valence-corrected chi connectivity index (χ0v) is 10.5. The van der Waals surface area contributed by atoms with Crippen LogP contribution in [0.3, 0.4) is 0 Å². The quantitative estimate of drug-likeness (QED) is 0.518. The first-order valence-electron chi connectivity index (χ1n) is 5.11. The van der Waals surface area contributed by atoms with E-state index in [0.29, 0.717) is 6.42 Å². The van der Waals surface area contributed by atoms with E-state index in [1.54, 1.807) is 6.92 Å². The van der Waals surface area contributed by atoms with E-state index in [2.05, 4.69) is 5.32 Å². The van der Waals surface area contributed by atoms with E-state index in [4.69, 9.17) is 10.8 Å². The molecule has 0 bridgehead atoms. The molecule has 0 radical (unpaired) electrons. The molecule has 4 N–H and O–H groups in total. The molecule has 16 heavy (non-hydrogen) atoms. The highest BCUT2D eigenvalue weighted by atomic mass is 32.2. The summed E-state index contributed by atoms with van der Waals surface area (Å²) in [7, 11) is -3.09. The minimum atomic E-state index is -3.09. The predicted octanol–water partition coefficient (Wildman–Crippen LogP) is -1.36. The Morgan fingerprint density at radius 1 is 1.44 bits per heavy atom. The number of aliphatic hydroxyl groups is 1. The number of hydrogen-bond donors (Lipinski definition) is 3. The average Bonchev–Trinajstić information content (AvgIpc) is 2.13. The van der Waals surface area contributed by atoms with Crippen molar-refractivity contribution < 1.29 is 18.3 Å². The fraction of sp³-hybridized carbons (Fsp3) is 0.889. The van der Waals surface area contributed by atoms with Crippen LogP contribution in [-0.4, -0.2) is 50.1 Å². The van der Waals surface area contributed by atoms with Gasteiger partial charge < -0.3 is 16.2 Å². The van der Waals surface area contributed by atoms with Gasteiger partial charge in [0.15, 0.2) is 0 Å². The van der Waals surface area contributed by atoms with Crippen LogP contribution in [-0.2, 0) is 14.6 Å². The SMILES string of the molecule is CC(CCO)NC(=O)C(N)CCS(C)(=O)=O. The first-order valence-corrected chi connectivity index (χ1v) is 7.17. The first kappa shape index (κ1) is 15.3. The third-order valence-corrected chi connectivity index (χ3v) is 3.06. The van der Waals surface area contributed by atoms with Crippen LogP contribution in [0.15, 0.2) is 0 Å². The van der Waals surface area contributed by atoms with Gasteiger partial charge in [-0.05, 0) is 19.8 Å². The Balaban J connectivity index is 4.00. The molecule has 0 aromatic rings. The Hall–Kier alpha value is -0.660. The van der Waals surface area contributed by atoms with Gasteiger partial charge in [0.05, 0.1) is 11.8 Å². The number of nitrogens with two attached hydrogens (primary N) is 1. The van der Waals surface area contributed by atoms with Crippen molar-refractivity contribution in [2.45, 2.75) is 31.8 Å². The smallest absolute Gasteiger partial charge is 0.237 e. The summed E-state index contributed by atoms with van der Waals surface area (Å²) >= 11 is 0. The molecule has 0 aliphatic carbocycles. The van der Waals surface area contributed by atoms with E-state index in [9.17, 15) is 13.2 Å². The Bertz CT molecular complexity index is 315. The molecule has 0 rings (SSSR count). The van der Waals surface area contributed by atoms with E-state index in [0.717, 1.165) is 6.26 Å². The molecule has 1 amide bonds. The van der Waals surface area contributed by atoms with Crippen LogP contribution in [0.4, 0.5) is 0 Å². The van der Waals surface area contributed by atoms with Gasteiger partial charge in [0.1, 0.15) is 9.84 Å². The number of carbonyl (C=O) groups is 1. The third-order valence-electron chi connectivity index (χ3n) is 2.09. The normalized spacial score (nSPS) is 15.5. The maximum Gasteiger partial charge on any atom is 0.237 e. The summed E-state index contributed by atoms with van der Waals surface area (Å²) in [5.74, 6) is -0.486. The van der Waals surface area contributed by atoms with Crippen LogP contribution in [0, 0.1) is 0 Å². The van der Waals surface area contributed by atoms with Crippen LogP contribution in [0.25, 0.3) is 0 Å². The standard InChI is InChI=1S/C9H20N2O4S/c1-7(3-5-12)11-9(13)8(10)4-6-16(2,14)15/h7-8,12H,3-6,10H2,1-2H3,(H,11,13). The molecule has 0 spiro atoms. The zero-order chi connectivity index (χ0) is 12.8.